The zero-order valence-corrected chi connectivity index (χ0v) is 12.6. The molecule has 0 unspecified atom stereocenters. The summed E-state index contributed by atoms with van der Waals surface area (Å²) in [5.74, 6) is 0.942. The van der Waals surface area contributed by atoms with Crippen LogP contribution in [-0.4, -0.2) is 37.1 Å². The monoisotopic (exact) mass is 265 g/mol. The molecule has 3 nitrogen and oxygen atoms in total. The number of hydrogen-bond acceptors (Lipinski definition) is 2. The van der Waals surface area contributed by atoms with Crippen LogP contribution in [0.2, 0.25) is 0 Å². The fourth-order valence-corrected chi connectivity index (χ4v) is 4.15. The summed E-state index contributed by atoms with van der Waals surface area (Å²) in [6.45, 7) is 6.35. The smallest absolute Gasteiger partial charge is 0.229 e. The number of methoxy groups -OCH3 is 1. The maximum Gasteiger partial charge on any atom is 0.229 e. The number of hydrogen-bond donors (Lipinski definition) is 0. The van der Waals surface area contributed by atoms with Crippen LogP contribution in [0.4, 0.5) is 0 Å². The minimum atomic E-state index is 0.0131. The van der Waals surface area contributed by atoms with Crippen LogP contribution in [0.1, 0.15) is 52.4 Å². The maximum atomic E-state index is 12.7. The molecule has 3 rings (SSSR count). The van der Waals surface area contributed by atoms with Gasteiger partial charge in [-0.2, -0.15) is 0 Å². The van der Waals surface area contributed by atoms with Crippen molar-refractivity contribution < 1.29 is 9.53 Å². The lowest BCUT2D eigenvalue weighted by Crippen LogP contribution is -2.52. The Hall–Kier alpha value is -0.570. The SMILES string of the molecule is COC1CC2(CCN(C(=O)C3(C(C)C)CC3)CC2)C1. The van der Waals surface area contributed by atoms with Crippen LogP contribution in [-0.2, 0) is 9.53 Å². The standard InChI is InChI=1S/C16H27NO2/c1-12(2)16(4-5-16)14(18)17-8-6-15(7-9-17)10-13(11-15)19-3/h12-13H,4-11H2,1-3H3. The second-order valence-electron chi connectivity index (χ2n) is 7.37. The summed E-state index contributed by atoms with van der Waals surface area (Å²) in [6, 6.07) is 0. The summed E-state index contributed by atoms with van der Waals surface area (Å²) >= 11 is 0. The van der Waals surface area contributed by atoms with Crippen LogP contribution in [0.25, 0.3) is 0 Å². The highest BCUT2D eigenvalue weighted by molar-refractivity contribution is 5.85. The Balaban J connectivity index is 1.55. The second-order valence-corrected chi connectivity index (χ2v) is 7.37. The van der Waals surface area contributed by atoms with Gasteiger partial charge in [0.25, 0.3) is 0 Å². The van der Waals surface area contributed by atoms with Crippen molar-refractivity contribution in [1.29, 1.82) is 0 Å². The van der Waals surface area contributed by atoms with Gasteiger partial charge in [-0.15, -0.1) is 0 Å². The Morgan fingerprint density at radius 1 is 1.16 bits per heavy atom. The van der Waals surface area contributed by atoms with E-state index < -0.39 is 0 Å². The van der Waals surface area contributed by atoms with Gasteiger partial charge in [-0.3, -0.25) is 4.79 Å². The summed E-state index contributed by atoms with van der Waals surface area (Å²) in [4.78, 5) is 14.8. The van der Waals surface area contributed by atoms with E-state index in [0.29, 0.717) is 23.3 Å². The first-order chi connectivity index (χ1) is 9.01. The number of carbonyl (C=O) groups is 1. The van der Waals surface area contributed by atoms with E-state index in [2.05, 4.69) is 18.7 Å². The van der Waals surface area contributed by atoms with Gasteiger partial charge in [0.15, 0.2) is 0 Å². The summed E-state index contributed by atoms with van der Waals surface area (Å²) in [7, 11) is 1.82. The number of piperidine rings is 1. The van der Waals surface area contributed by atoms with E-state index in [1.807, 2.05) is 7.11 Å². The summed E-state index contributed by atoms with van der Waals surface area (Å²) < 4.78 is 5.40. The van der Waals surface area contributed by atoms with Crippen molar-refractivity contribution in [2.24, 2.45) is 16.7 Å². The molecule has 1 amide bonds. The van der Waals surface area contributed by atoms with Gasteiger partial charge in [0.05, 0.1) is 11.5 Å². The quantitative estimate of drug-likeness (QED) is 0.785. The Morgan fingerprint density at radius 3 is 2.16 bits per heavy atom. The lowest BCUT2D eigenvalue weighted by molar-refractivity contribution is -0.145. The second kappa shape index (κ2) is 4.47. The van der Waals surface area contributed by atoms with Gasteiger partial charge in [0, 0.05) is 20.2 Å². The zero-order valence-electron chi connectivity index (χ0n) is 12.6. The van der Waals surface area contributed by atoms with Crippen LogP contribution >= 0.6 is 0 Å². The van der Waals surface area contributed by atoms with E-state index >= 15 is 0 Å². The third-order valence-electron chi connectivity index (χ3n) is 6.09. The molecular weight excluding hydrogens is 238 g/mol. The average Bonchev–Trinajstić information content (AvgIpc) is 3.16. The lowest BCUT2D eigenvalue weighted by atomic mass is 9.61. The van der Waals surface area contributed by atoms with E-state index in [9.17, 15) is 4.79 Å². The molecule has 108 valence electrons. The normalized spacial score (nSPS) is 28.5. The zero-order chi connectivity index (χ0) is 13.7. The fraction of sp³-hybridized carbons (Fsp3) is 0.938. The van der Waals surface area contributed by atoms with Crippen LogP contribution in [0, 0.1) is 16.7 Å². The van der Waals surface area contributed by atoms with E-state index in [1.165, 1.54) is 25.7 Å². The first kappa shape index (κ1) is 13.4. The lowest BCUT2D eigenvalue weighted by Gasteiger charge is -2.52. The third-order valence-corrected chi connectivity index (χ3v) is 6.09. The average molecular weight is 265 g/mol. The van der Waals surface area contributed by atoms with Crippen LogP contribution < -0.4 is 0 Å². The number of ether oxygens (including phenoxy) is 1. The highest BCUT2D eigenvalue weighted by Gasteiger charge is 2.55. The highest BCUT2D eigenvalue weighted by atomic mass is 16.5. The number of amides is 1. The summed E-state index contributed by atoms with van der Waals surface area (Å²) in [6.07, 6.45) is 7.49. The first-order valence-electron chi connectivity index (χ1n) is 7.84. The molecule has 0 N–H and O–H groups in total. The minimum Gasteiger partial charge on any atom is -0.381 e. The minimum absolute atomic E-state index is 0.0131. The molecular formula is C16H27NO2. The van der Waals surface area contributed by atoms with Gasteiger partial charge in [-0.1, -0.05) is 13.8 Å². The summed E-state index contributed by atoms with van der Waals surface area (Å²) in [5.41, 5.74) is 0.519. The molecule has 0 radical (unpaired) electrons. The Kier molecular flexibility index (Phi) is 3.16. The van der Waals surface area contributed by atoms with Crippen LogP contribution in [0.15, 0.2) is 0 Å². The molecule has 0 aromatic heterocycles. The molecule has 0 aromatic carbocycles. The van der Waals surface area contributed by atoms with Crippen molar-refractivity contribution in [3.63, 3.8) is 0 Å². The van der Waals surface area contributed by atoms with Gasteiger partial charge in [-0.25, -0.2) is 0 Å². The Bertz CT molecular complexity index is 357. The van der Waals surface area contributed by atoms with Gasteiger partial charge in [0.1, 0.15) is 0 Å². The Labute approximate surface area is 116 Å². The molecule has 19 heavy (non-hydrogen) atoms. The topological polar surface area (TPSA) is 29.5 Å². The van der Waals surface area contributed by atoms with Crippen molar-refractivity contribution in [1.82, 2.24) is 4.90 Å². The van der Waals surface area contributed by atoms with Crippen molar-refractivity contribution in [3.8, 4) is 0 Å². The van der Waals surface area contributed by atoms with Crippen molar-refractivity contribution in [2.45, 2.75) is 58.5 Å². The molecule has 1 heterocycles. The molecule has 1 aliphatic heterocycles. The predicted octanol–water partition coefficient (Wildman–Crippen LogP) is 2.84. The van der Waals surface area contributed by atoms with Crippen molar-refractivity contribution >= 4 is 5.91 Å². The number of nitrogens with zero attached hydrogens (tertiary/aromatic N) is 1. The van der Waals surface area contributed by atoms with E-state index in [0.717, 1.165) is 25.9 Å². The van der Waals surface area contributed by atoms with Crippen LogP contribution in [0.5, 0.6) is 0 Å². The maximum absolute atomic E-state index is 12.7. The molecule has 1 spiro atoms. The molecule has 0 aromatic rings. The first-order valence-corrected chi connectivity index (χ1v) is 7.84. The number of likely N-dealkylation sites (tertiary alicyclic amines) is 1. The summed E-state index contributed by atoms with van der Waals surface area (Å²) in [5, 5.41) is 0. The molecule has 0 atom stereocenters. The highest BCUT2D eigenvalue weighted by Crippen LogP contribution is 2.55. The largest absolute Gasteiger partial charge is 0.381 e. The fourth-order valence-electron chi connectivity index (χ4n) is 4.15. The van der Waals surface area contributed by atoms with Gasteiger partial charge in [0.2, 0.25) is 5.91 Å². The van der Waals surface area contributed by atoms with Crippen molar-refractivity contribution in [2.75, 3.05) is 20.2 Å². The predicted molar refractivity (Wildman–Crippen MR) is 74.8 cm³/mol. The third kappa shape index (κ3) is 2.10. The molecule has 3 fully saturated rings. The van der Waals surface area contributed by atoms with Gasteiger partial charge in [-0.05, 0) is 49.9 Å². The molecule has 3 heteroatoms. The van der Waals surface area contributed by atoms with Crippen LogP contribution in [0.3, 0.4) is 0 Å². The molecule has 0 bridgehead atoms. The van der Waals surface area contributed by atoms with Gasteiger partial charge < -0.3 is 9.64 Å². The Morgan fingerprint density at radius 2 is 1.74 bits per heavy atom. The number of rotatable bonds is 3. The van der Waals surface area contributed by atoms with E-state index in [4.69, 9.17) is 4.74 Å². The van der Waals surface area contributed by atoms with E-state index in [-0.39, 0.29) is 5.41 Å². The molecule has 2 saturated carbocycles. The molecule has 3 aliphatic rings. The van der Waals surface area contributed by atoms with E-state index in [1.54, 1.807) is 0 Å². The molecule has 2 aliphatic carbocycles. The number of carbonyl (C=O) groups excluding carboxylic acids is 1. The van der Waals surface area contributed by atoms with Gasteiger partial charge >= 0.3 is 0 Å². The van der Waals surface area contributed by atoms with Crippen molar-refractivity contribution in [3.05, 3.63) is 0 Å². The molecule has 1 saturated heterocycles.